The zero-order valence-electron chi connectivity index (χ0n) is 24.4. The number of alkyl halides is 3. The van der Waals surface area contributed by atoms with Crippen LogP contribution in [0.25, 0.3) is 0 Å². The van der Waals surface area contributed by atoms with Crippen LogP contribution >= 0.6 is 0 Å². The second-order valence-corrected chi connectivity index (χ2v) is 10.3. The van der Waals surface area contributed by atoms with Crippen LogP contribution < -0.4 is 15.8 Å². The molecule has 0 radical (unpaired) electrons. The smallest absolute Gasteiger partial charge is 0.490 e. The van der Waals surface area contributed by atoms with Crippen molar-refractivity contribution >= 4 is 11.9 Å². The molecule has 7 nitrogen and oxygen atoms in total. The molecule has 4 aromatic carbocycles. The van der Waals surface area contributed by atoms with Crippen molar-refractivity contribution in [2.45, 2.75) is 52.1 Å². The van der Waals surface area contributed by atoms with Gasteiger partial charge in [-0.25, -0.2) is 4.79 Å². The molecule has 10 heteroatoms. The van der Waals surface area contributed by atoms with Crippen molar-refractivity contribution in [3.63, 3.8) is 0 Å². The van der Waals surface area contributed by atoms with E-state index in [4.69, 9.17) is 20.4 Å². The van der Waals surface area contributed by atoms with Gasteiger partial charge in [-0.15, -0.1) is 0 Å². The number of phenols is 1. The summed E-state index contributed by atoms with van der Waals surface area (Å²) in [4.78, 5) is 21.8. The van der Waals surface area contributed by atoms with E-state index in [1.54, 1.807) is 12.1 Å². The van der Waals surface area contributed by atoms with Crippen LogP contribution in [0.2, 0.25) is 0 Å². The summed E-state index contributed by atoms with van der Waals surface area (Å²) in [6.45, 7) is 4.59. The number of carbonyl (C=O) groups excluding carboxylic acids is 1. The number of ether oxygens (including phenoxy) is 1. The molecule has 0 fully saturated rings. The SMILES string of the molecule is Cc1cc(O)cc(C)c1C[C@H](N)C(=O)NCc1cc(Cc2ccccc2)ccc1OCc1ccccc1.O=C(O)C(F)(F)F. The fourth-order valence-electron chi connectivity index (χ4n) is 4.51. The lowest BCUT2D eigenvalue weighted by molar-refractivity contribution is -0.192. The average Bonchev–Trinajstić information content (AvgIpc) is 2.98. The number of nitrogens with one attached hydrogen (secondary N) is 1. The Hall–Kier alpha value is -4.83. The van der Waals surface area contributed by atoms with Crippen molar-refractivity contribution in [1.82, 2.24) is 5.32 Å². The number of aromatic hydroxyl groups is 1. The highest BCUT2D eigenvalue weighted by molar-refractivity contribution is 5.82. The minimum atomic E-state index is -5.08. The third kappa shape index (κ3) is 10.5. The second-order valence-electron chi connectivity index (χ2n) is 10.3. The van der Waals surface area contributed by atoms with Crippen LogP contribution in [0.3, 0.4) is 0 Å². The normalized spacial score (nSPS) is 11.6. The van der Waals surface area contributed by atoms with E-state index in [1.165, 1.54) is 5.56 Å². The Labute approximate surface area is 254 Å². The van der Waals surface area contributed by atoms with E-state index in [1.807, 2.05) is 68.4 Å². The third-order valence-electron chi connectivity index (χ3n) is 6.75. The van der Waals surface area contributed by atoms with Gasteiger partial charge >= 0.3 is 12.1 Å². The Bertz CT molecular complexity index is 1520. The van der Waals surface area contributed by atoms with E-state index in [0.29, 0.717) is 19.6 Å². The molecule has 0 aliphatic rings. The maximum atomic E-state index is 13.0. The van der Waals surface area contributed by atoms with Gasteiger partial charge in [0.25, 0.3) is 0 Å². The molecule has 1 amide bonds. The van der Waals surface area contributed by atoms with E-state index in [2.05, 4.69) is 29.6 Å². The lowest BCUT2D eigenvalue weighted by Gasteiger charge is -2.18. The highest BCUT2D eigenvalue weighted by Crippen LogP contribution is 2.24. The fraction of sp³-hybridized carbons (Fsp3) is 0.235. The Kier molecular flexibility index (Phi) is 11.9. The van der Waals surface area contributed by atoms with Gasteiger partial charge in [-0.2, -0.15) is 13.2 Å². The molecule has 1 atom stereocenters. The van der Waals surface area contributed by atoms with E-state index < -0.39 is 18.2 Å². The first-order valence-corrected chi connectivity index (χ1v) is 13.8. The lowest BCUT2D eigenvalue weighted by Crippen LogP contribution is -2.42. The molecule has 0 bridgehead atoms. The molecule has 0 unspecified atom stereocenters. The average molecular weight is 609 g/mol. The van der Waals surface area contributed by atoms with Crippen LogP contribution in [0, 0.1) is 13.8 Å². The number of halogens is 3. The van der Waals surface area contributed by atoms with E-state index in [0.717, 1.165) is 45.6 Å². The number of hydrogen-bond acceptors (Lipinski definition) is 5. The molecule has 0 aliphatic carbocycles. The molecule has 0 aromatic heterocycles. The van der Waals surface area contributed by atoms with Gasteiger partial charge in [0.15, 0.2) is 0 Å². The number of carboxylic acid groups (broad SMARTS) is 1. The third-order valence-corrected chi connectivity index (χ3v) is 6.75. The first-order valence-electron chi connectivity index (χ1n) is 13.8. The quantitative estimate of drug-likeness (QED) is 0.175. The first-order chi connectivity index (χ1) is 20.8. The molecule has 0 heterocycles. The standard InChI is InChI=1S/C32H34N2O3.C2HF3O2/c1-22-15-28(35)16-23(2)29(22)19-30(33)32(36)34-20-27-18-26(17-24-9-5-3-6-10-24)13-14-31(27)37-21-25-11-7-4-8-12-25;3-2(4,5)1(6)7/h3-16,18,30,35H,17,19-21,33H2,1-2H3,(H,34,36);(H,6,7)/t30-;/m0./s1. The Morgan fingerprint density at radius 2 is 1.41 bits per heavy atom. The summed E-state index contributed by atoms with van der Waals surface area (Å²) in [5.74, 6) is -2.03. The van der Waals surface area contributed by atoms with Gasteiger partial charge in [0.1, 0.15) is 18.1 Å². The number of amides is 1. The van der Waals surface area contributed by atoms with Gasteiger partial charge in [-0.05, 0) is 84.3 Å². The summed E-state index contributed by atoms with van der Waals surface area (Å²) < 4.78 is 37.9. The van der Waals surface area contributed by atoms with Crippen molar-refractivity contribution in [2.24, 2.45) is 5.73 Å². The van der Waals surface area contributed by atoms with Gasteiger partial charge in [0.2, 0.25) is 5.91 Å². The summed E-state index contributed by atoms with van der Waals surface area (Å²) in [5.41, 5.74) is 13.5. The summed E-state index contributed by atoms with van der Waals surface area (Å²) >= 11 is 0. The number of benzene rings is 4. The molecular weight excluding hydrogens is 573 g/mol. The molecule has 232 valence electrons. The molecule has 0 saturated carbocycles. The Balaban J connectivity index is 0.000000676. The number of phenolic OH excluding ortho intramolecular Hbond substituents is 1. The number of carboxylic acids is 1. The molecule has 5 N–H and O–H groups in total. The van der Waals surface area contributed by atoms with Gasteiger partial charge < -0.3 is 26.0 Å². The zero-order chi connectivity index (χ0) is 32.3. The minimum Gasteiger partial charge on any atom is -0.508 e. The summed E-state index contributed by atoms with van der Waals surface area (Å²) in [6, 6.07) is 29.1. The number of aliphatic carboxylic acids is 1. The topological polar surface area (TPSA) is 122 Å². The number of carbonyl (C=O) groups is 2. The van der Waals surface area contributed by atoms with Crippen LogP contribution in [-0.4, -0.2) is 34.3 Å². The highest BCUT2D eigenvalue weighted by Gasteiger charge is 2.38. The van der Waals surface area contributed by atoms with Crippen LogP contribution in [0.5, 0.6) is 11.5 Å². The first kappa shape index (κ1) is 33.7. The van der Waals surface area contributed by atoms with Crippen LogP contribution in [0.1, 0.15) is 38.9 Å². The fourth-order valence-corrected chi connectivity index (χ4v) is 4.51. The molecule has 0 aliphatic heterocycles. The van der Waals surface area contributed by atoms with Gasteiger partial charge in [-0.3, -0.25) is 4.79 Å². The number of nitrogens with two attached hydrogens (primary N) is 1. The number of aryl methyl sites for hydroxylation is 2. The predicted molar refractivity (Wildman–Crippen MR) is 161 cm³/mol. The van der Waals surface area contributed by atoms with E-state index in [-0.39, 0.29) is 11.7 Å². The molecule has 4 aromatic rings. The molecule has 0 spiro atoms. The largest absolute Gasteiger partial charge is 0.508 e. The van der Waals surface area contributed by atoms with E-state index in [9.17, 15) is 23.1 Å². The molecule has 0 saturated heterocycles. The van der Waals surface area contributed by atoms with Crippen molar-refractivity contribution in [1.29, 1.82) is 0 Å². The summed E-state index contributed by atoms with van der Waals surface area (Å²) in [7, 11) is 0. The monoisotopic (exact) mass is 608 g/mol. The maximum Gasteiger partial charge on any atom is 0.490 e. The number of rotatable bonds is 10. The predicted octanol–water partition coefficient (Wildman–Crippen LogP) is 6.00. The molecule has 44 heavy (non-hydrogen) atoms. The number of hydrogen-bond donors (Lipinski definition) is 4. The Morgan fingerprint density at radius 3 is 1.95 bits per heavy atom. The van der Waals surface area contributed by atoms with Gasteiger partial charge in [-0.1, -0.05) is 66.7 Å². The minimum absolute atomic E-state index is 0.218. The summed E-state index contributed by atoms with van der Waals surface area (Å²) in [6.07, 6.45) is -3.89. The van der Waals surface area contributed by atoms with Gasteiger partial charge in [0.05, 0.1) is 6.04 Å². The van der Waals surface area contributed by atoms with E-state index >= 15 is 0 Å². The van der Waals surface area contributed by atoms with Crippen LogP contribution in [0.15, 0.2) is 91.0 Å². The Morgan fingerprint density at radius 1 is 0.864 bits per heavy atom. The molecular formula is C34H35F3N2O5. The van der Waals surface area contributed by atoms with Crippen molar-refractivity contribution in [3.05, 3.63) is 130 Å². The lowest BCUT2D eigenvalue weighted by atomic mass is 9.96. The van der Waals surface area contributed by atoms with Crippen LogP contribution in [0.4, 0.5) is 13.2 Å². The van der Waals surface area contributed by atoms with Crippen LogP contribution in [-0.2, 0) is 35.6 Å². The van der Waals surface area contributed by atoms with Crippen molar-refractivity contribution < 1.29 is 37.7 Å². The maximum absolute atomic E-state index is 13.0. The van der Waals surface area contributed by atoms with Crippen molar-refractivity contribution in [2.75, 3.05) is 0 Å². The second kappa shape index (κ2) is 15.6. The molecule has 4 rings (SSSR count). The summed E-state index contributed by atoms with van der Waals surface area (Å²) in [5, 5.41) is 19.9. The van der Waals surface area contributed by atoms with Gasteiger partial charge in [0, 0.05) is 12.1 Å². The van der Waals surface area contributed by atoms with Crippen molar-refractivity contribution in [3.8, 4) is 11.5 Å². The highest BCUT2D eigenvalue weighted by atomic mass is 19.4. The zero-order valence-corrected chi connectivity index (χ0v) is 24.4.